The molecule has 170 valence electrons. The molecule has 0 bridgehead atoms. The summed E-state index contributed by atoms with van der Waals surface area (Å²) in [6.45, 7) is 0.725. The molecule has 1 aliphatic carbocycles. The van der Waals surface area contributed by atoms with Crippen molar-refractivity contribution in [3.8, 4) is 11.1 Å². The minimum absolute atomic E-state index is 0.125. The van der Waals surface area contributed by atoms with E-state index >= 15 is 0 Å². The van der Waals surface area contributed by atoms with Crippen LogP contribution >= 0.6 is 0 Å². The van der Waals surface area contributed by atoms with E-state index in [4.69, 9.17) is 4.98 Å². The van der Waals surface area contributed by atoms with Crippen molar-refractivity contribution < 1.29 is 9.18 Å². The molecule has 1 amide bonds. The van der Waals surface area contributed by atoms with E-state index in [2.05, 4.69) is 15.8 Å². The first kappa shape index (κ1) is 21.3. The highest BCUT2D eigenvalue weighted by Crippen LogP contribution is 2.39. The molecule has 3 fully saturated rings. The summed E-state index contributed by atoms with van der Waals surface area (Å²) in [4.78, 5) is 27.1. The summed E-state index contributed by atoms with van der Waals surface area (Å²) in [6.07, 6.45) is 8.08. The van der Waals surface area contributed by atoms with Crippen molar-refractivity contribution in [1.82, 2.24) is 25.7 Å². The fraction of sp³-hybridized carbons (Fsp3) is 0.542. The smallest absolute Gasteiger partial charge is 0.241 e. The van der Waals surface area contributed by atoms with Crippen LogP contribution in [0.4, 0.5) is 10.3 Å². The van der Waals surface area contributed by atoms with Crippen molar-refractivity contribution >= 4 is 11.9 Å². The summed E-state index contributed by atoms with van der Waals surface area (Å²) in [7, 11) is 3.82. The van der Waals surface area contributed by atoms with Gasteiger partial charge in [-0.2, -0.15) is 0 Å². The molecule has 0 radical (unpaired) electrons. The fourth-order valence-electron chi connectivity index (χ4n) is 5.48. The molecule has 3 aliphatic rings. The van der Waals surface area contributed by atoms with E-state index < -0.39 is 0 Å². The molecule has 1 aromatic heterocycles. The van der Waals surface area contributed by atoms with Crippen molar-refractivity contribution in [3.63, 3.8) is 0 Å². The molecule has 4 unspecified atom stereocenters. The van der Waals surface area contributed by atoms with E-state index in [9.17, 15) is 9.18 Å². The van der Waals surface area contributed by atoms with E-state index in [0.717, 1.165) is 55.5 Å². The van der Waals surface area contributed by atoms with Gasteiger partial charge in [-0.3, -0.25) is 10.2 Å². The van der Waals surface area contributed by atoms with Gasteiger partial charge in [-0.1, -0.05) is 18.6 Å². The Morgan fingerprint density at radius 1 is 1.09 bits per heavy atom. The fourth-order valence-corrected chi connectivity index (χ4v) is 5.48. The Labute approximate surface area is 188 Å². The summed E-state index contributed by atoms with van der Waals surface area (Å²) in [6, 6.07) is 6.50. The first-order valence-electron chi connectivity index (χ1n) is 11.6. The lowest BCUT2D eigenvalue weighted by molar-refractivity contribution is -0.138. The lowest BCUT2D eigenvalue weighted by Gasteiger charge is -2.38. The van der Waals surface area contributed by atoms with Gasteiger partial charge in [-0.05, 0) is 49.8 Å². The molecular formula is C24H31FN6O. The Bertz CT molecular complexity index is 981. The summed E-state index contributed by atoms with van der Waals surface area (Å²) in [5.41, 5.74) is 9.20. The van der Waals surface area contributed by atoms with Gasteiger partial charge < -0.3 is 9.80 Å². The maximum absolute atomic E-state index is 13.8. The number of rotatable bonds is 4. The van der Waals surface area contributed by atoms with Crippen LogP contribution in [-0.4, -0.2) is 53.5 Å². The second-order valence-corrected chi connectivity index (χ2v) is 9.38. The van der Waals surface area contributed by atoms with Crippen molar-refractivity contribution in [3.05, 3.63) is 42.0 Å². The maximum Gasteiger partial charge on any atom is 0.241 e. The van der Waals surface area contributed by atoms with Crippen LogP contribution in [-0.2, 0) is 4.79 Å². The molecule has 2 aliphatic heterocycles. The van der Waals surface area contributed by atoms with Crippen molar-refractivity contribution in [2.45, 2.75) is 56.7 Å². The third-order valence-electron chi connectivity index (χ3n) is 7.15. The molecule has 1 aromatic carbocycles. The average molecular weight is 439 g/mol. The standard InChI is InChI=1S/C24H31FN6O/c1-30(2)24-26-14-18(15-9-11-16(25)12-10-15)21(27-24)20-8-3-4-13-31(20)23(32)22-17-6-5-7-19(17)28-29-22/h9-12,14,17,19-20,22,28-29H,3-8,13H2,1-2H3. The molecule has 2 aromatic rings. The van der Waals surface area contributed by atoms with Gasteiger partial charge in [-0.15, -0.1) is 0 Å². The SMILES string of the molecule is CN(C)c1ncc(-c2ccc(F)cc2)c(C2CCCCN2C(=O)C2NNC3CCCC32)n1. The average Bonchev–Trinajstić information content (AvgIpc) is 3.43. The number of piperidine rings is 1. The number of nitrogens with one attached hydrogen (secondary N) is 2. The molecule has 0 spiro atoms. The predicted molar refractivity (Wildman–Crippen MR) is 121 cm³/mol. The van der Waals surface area contributed by atoms with E-state index in [1.165, 1.54) is 18.6 Å². The van der Waals surface area contributed by atoms with E-state index in [-0.39, 0.29) is 23.8 Å². The van der Waals surface area contributed by atoms with Crippen molar-refractivity contribution in [1.29, 1.82) is 0 Å². The van der Waals surface area contributed by atoms with E-state index in [1.54, 1.807) is 12.1 Å². The molecule has 1 saturated carbocycles. The largest absolute Gasteiger partial charge is 0.347 e. The Morgan fingerprint density at radius 3 is 2.69 bits per heavy atom. The number of carbonyl (C=O) groups is 1. The van der Waals surface area contributed by atoms with Crippen LogP contribution in [0, 0.1) is 11.7 Å². The molecule has 8 heteroatoms. The monoisotopic (exact) mass is 438 g/mol. The maximum atomic E-state index is 13.8. The normalized spacial score (nSPS) is 27.4. The quantitative estimate of drug-likeness (QED) is 0.765. The zero-order valence-corrected chi connectivity index (χ0v) is 18.7. The number of hydrazine groups is 1. The number of fused-ring (bicyclic) bond motifs is 1. The molecular weight excluding hydrogens is 407 g/mol. The third-order valence-corrected chi connectivity index (χ3v) is 7.15. The zero-order chi connectivity index (χ0) is 22.2. The van der Waals surface area contributed by atoms with E-state index in [1.807, 2.05) is 30.1 Å². The Balaban J connectivity index is 1.52. The summed E-state index contributed by atoms with van der Waals surface area (Å²) in [5.74, 6) is 0.845. The highest BCUT2D eigenvalue weighted by molar-refractivity contribution is 5.83. The van der Waals surface area contributed by atoms with Crippen LogP contribution in [0.1, 0.15) is 50.3 Å². The number of benzene rings is 1. The molecule has 2 saturated heterocycles. The number of carbonyl (C=O) groups excluding carboxylic acids is 1. The van der Waals surface area contributed by atoms with Gasteiger partial charge in [0.05, 0.1) is 11.7 Å². The topological polar surface area (TPSA) is 73.4 Å². The van der Waals surface area contributed by atoms with Gasteiger partial charge in [-0.25, -0.2) is 19.8 Å². The highest BCUT2D eigenvalue weighted by atomic mass is 19.1. The van der Waals surface area contributed by atoms with Gasteiger partial charge in [0.2, 0.25) is 11.9 Å². The van der Waals surface area contributed by atoms with Crippen LogP contribution < -0.4 is 15.8 Å². The molecule has 7 nitrogen and oxygen atoms in total. The number of nitrogens with zero attached hydrogens (tertiary/aromatic N) is 4. The number of likely N-dealkylation sites (tertiary alicyclic amines) is 1. The van der Waals surface area contributed by atoms with Crippen LogP contribution in [0.3, 0.4) is 0 Å². The summed E-state index contributed by atoms with van der Waals surface area (Å²) in [5, 5.41) is 0. The Kier molecular flexibility index (Phi) is 5.82. The number of halogens is 1. The van der Waals surface area contributed by atoms with Crippen molar-refractivity contribution in [2.75, 3.05) is 25.5 Å². The van der Waals surface area contributed by atoms with Crippen LogP contribution in [0.2, 0.25) is 0 Å². The van der Waals surface area contributed by atoms with Crippen LogP contribution in [0.15, 0.2) is 30.5 Å². The van der Waals surface area contributed by atoms with E-state index in [0.29, 0.717) is 17.9 Å². The zero-order valence-electron chi connectivity index (χ0n) is 18.7. The van der Waals surface area contributed by atoms with Crippen molar-refractivity contribution in [2.24, 2.45) is 5.92 Å². The third kappa shape index (κ3) is 3.86. The first-order chi connectivity index (χ1) is 15.5. The lowest BCUT2D eigenvalue weighted by Crippen LogP contribution is -2.50. The minimum Gasteiger partial charge on any atom is -0.347 e. The molecule has 4 atom stereocenters. The number of aromatic nitrogens is 2. The highest BCUT2D eigenvalue weighted by Gasteiger charge is 2.45. The van der Waals surface area contributed by atoms with Gasteiger partial charge in [0.25, 0.3) is 0 Å². The lowest BCUT2D eigenvalue weighted by atomic mass is 9.91. The number of amides is 1. The number of anilines is 1. The number of hydrogen-bond donors (Lipinski definition) is 2. The molecule has 5 rings (SSSR count). The van der Waals surface area contributed by atoms with Gasteiger partial charge in [0.15, 0.2) is 0 Å². The van der Waals surface area contributed by atoms with Gasteiger partial charge in [0, 0.05) is 44.4 Å². The second-order valence-electron chi connectivity index (χ2n) is 9.38. The molecule has 2 N–H and O–H groups in total. The Morgan fingerprint density at radius 2 is 1.91 bits per heavy atom. The molecule has 3 heterocycles. The predicted octanol–water partition coefficient (Wildman–Crippen LogP) is 3.05. The summed E-state index contributed by atoms with van der Waals surface area (Å²) < 4.78 is 13.6. The van der Waals surface area contributed by atoms with Gasteiger partial charge >= 0.3 is 0 Å². The second kappa shape index (κ2) is 8.75. The molecule has 32 heavy (non-hydrogen) atoms. The Hall–Kier alpha value is -2.58. The van der Waals surface area contributed by atoms with Crippen LogP contribution in [0.25, 0.3) is 11.1 Å². The minimum atomic E-state index is -0.276. The van der Waals surface area contributed by atoms with Gasteiger partial charge in [0.1, 0.15) is 11.9 Å². The van der Waals surface area contributed by atoms with Crippen LogP contribution in [0.5, 0.6) is 0 Å². The number of hydrogen-bond acceptors (Lipinski definition) is 6. The summed E-state index contributed by atoms with van der Waals surface area (Å²) >= 11 is 0. The first-order valence-corrected chi connectivity index (χ1v) is 11.6.